The van der Waals surface area contributed by atoms with Crippen molar-refractivity contribution in [3.63, 3.8) is 0 Å². The molecule has 6 nitrogen and oxygen atoms in total. The van der Waals surface area contributed by atoms with Crippen LogP contribution in [0.4, 0.5) is 4.39 Å². The molecule has 1 saturated heterocycles. The highest BCUT2D eigenvalue weighted by Gasteiger charge is 2.59. The van der Waals surface area contributed by atoms with Gasteiger partial charge in [0.1, 0.15) is 10.7 Å². The van der Waals surface area contributed by atoms with Gasteiger partial charge in [-0.1, -0.05) is 24.3 Å². The Labute approximate surface area is 174 Å². The lowest BCUT2D eigenvalue weighted by Gasteiger charge is -2.32. The van der Waals surface area contributed by atoms with E-state index in [1.54, 1.807) is 13.0 Å². The highest BCUT2D eigenvalue weighted by Crippen LogP contribution is 2.64. The molecule has 2 heterocycles. The van der Waals surface area contributed by atoms with Gasteiger partial charge < -0.3 is 4.42 Å². The third-order valence-corrected chi connectivity index (χ3v) is 8.29. The Hall–Kier alpha value is -2.58. The number of nitrogens with zero attached hydrogens (tertiary/aromatic N) is 3. The first kappa shape index (κ1) is 19.4. The van der Waals surface area contributed by atoms with E-state index in [-0.39, 0.29) is 16.2 Å². The minimum atomic E-state index is -3.84. The molecular weight excluding hydrogens is 405 g/mol. The molecule has 8 heteroatoms. The molecule has 30 heavy (non-hydrogen) atoms. The first-order valence-corrected chi connectivity index (χ1v) is 11.5. The number of hydrogen-bond donors (Lipinski definition) is 0. The lowest BCUT2D eigenvalue weighted by Crippen LogP contribution is -2.39. The highest BCUT2D eigenvalue weighted by atomic mass is 32.2. The van der Waals surface area contributed by atoms with Crippen LogP contribution in [0.15, 0.2) is 57.8 Å². The maximum absolute atomic E-state index is 14.2. The summed E-state index contributed by atoms with van der Waals surface area (Å²) in [5.41, 5.74) is 1.60. The van der Waals surface area contributed by atoms with Crippen LogP contribution in [-0.2, 0) is 10.0 Å². The van der Waals surface area contributed by atoms with Crippen molar-refractivity contribution in [2.75, 3.05) is 13.1 Å². The molecule has 0 unspecified atom stereocenters. The van der Waals surface area contributed by atoms with E-state index >= 15 is 0 Å². The maximum Gasteiger partial charge on any atom is 0.247 e. The topological polar surface area (TPSA) is 76.3 Å². The second-order valence-corrected chi connectivity index (χ2v) is 10.2. The zero-order valence-electron chi connectivity index (χ0n) is 16.6. The highest BCUT2D eigenvalue weighted by molar-refractivity contribution is 7.89. The average Bonchev–Trinajstić information content (AvgIpc) is 3.21. The molecule has 1 aliphatic carbocycles. The number of benzene rings is 2. The molecule has 3 aromatic rings. The number of aryl methyl sites for hydroxylation is 1. The van der Waals surface area contributed by atoms with Crippen LogP contribution in [0.1, 0.15) is 36.6 Å². The van der Waals surface area contributed by atoms with Crippen molar-refractivity contribution in [1.29, 1.82) is 0 Å². The van der Waals surface area contributed by atoms with Crippen molar-refractivity contribution in [3.05, 3.63) is 65.8 Å². The number of piperidine rings is 1. The lowest BCUT2D eigenvalue weighted by molar-refractivity contribution is 0.245. The van der Waals surface area contributed by atoms with Gasteiger partial charge in [-0.05, 0) is 61.4 Å². The second-order valence-electron chi connectivity index (χ2n) is 8.27. The van der Waals surface area contributed by atoms with Gasteiger partial charge in [0.2, 0.25) is 21.8 Å². The van der Waals surface area contributed by atoms with E-state index in [9.17, 15) is 12.8 Å². The van der Waals surface area contributed by atoms with Gasteiger partial charge in [0.25, 0.3) is 0 Å². The van der Waals surface area contributed by atoms with Crippen LogP contribution >= 0.6 is 0 Å². The number of sulfonamides is 1. The van der Waals surface area contributed by atoms with Gasteiger partial charge in [-0.15, -0.1) is 10.2 Å². The number of hydrogen-bond acceptors (Lipinski definition) is 5. The molecule has 0 amide bonds. The Balaban J connectivity index is 1.29. The Kier molecular flexibility index (Phi) is 4.52. The summed E-state index contributed by atoms with van der Waals surface area (Å²) >= 11 is 0. The average molecular weight is 428 g/mol. The summed E-state index contributed by atoms with van der Waals surface area (Å²) in [5, 5.41) is 8.42. The zero-order chi connectivity index (χ0) is 20.9. The van der Waals surface area contributed by atoms with Crippen LogP contribution in [0, 0.1) is 18.2 Å². The van der Waals surface area contributed by atoms with E-state index in [4.69, 9.17) is 4.42 Å². The molecule has 0 bridgehead atoms. The van der Waals surface area contributed by atoms with Crippen molar-refractivity contribution in [2.45, 2.75) is 37.0 Å². The summed E-state index contributed by atoms with van der Waals surface area (Å²) in [6.45, 7) is 2.49. The normalized spacial score (nSPS) is 21.1. The van der Waals surface area contributed by atoms with Gasteiger partial charge >= 0.3 is 0 Å². The Morgan fingerprint density at radius 1 is 1.10 bits per heavy atom. The summed E-state index contributed by atoms with van der Waals surface area (Å²) in [5.74, 6) is 0.574. The van der Waals surface area contributed by atoms with Crippen LogP contribution in [0.2, 0.25) is 0 Å². The van der Waals surface area contributed by atoms with Gasteiger partial charge in [0.15, 0.2) is 0 Å². The van der Waals surface area contributed by atoms with Crippen molar-refractivity contribution in [2.24, 2.45) is 5.41 Å². The molecule has 2 aromatic carbocycles. The third kappa shape index (κ3) is 3.24. The molecule has 1 saturated carbocycles. The molecule has 1 aliphatic heterocycles. The summed E-state index contributed by atoms with van der Waals surface area (Å²) in [6.07, 6.45) is 2.32. The Bertz CT molecular complexity index is 1190. The van der Waals surface area contributed by atoms with Gasteiger partial charge in [0, 0.05) is 24.6 Å². The fraction of sp³-hybridized carbons (Fsp3) is 0.364. The van der Waals surface area contributed by atoms with E-state index in [1.807, 2.05) is 30.3 Å². The van der Waals surface area contributed by atoms with E-state index in [2.05, 4.69) is 10.2 Å². The fourth-order valence-corrected chi connectivity index (χ4v) is 6.03. The molecule has 1 spiro atoms. The van der Waals surface area contributed by atoms with Gasteiger partial charge in [-0.3, -0.25) is 0 Å². The van der Waals surface area contributed by atoms with Crippen molar-refractivity contribution < 1.29 is 17.2 Å². The molecule has 1 atom stereocenters. The first-order valence-electron chi connectivity index (χ1n) is 10.0. The van der Waals surface area contributed by atoms with Crippen LogP contribution in [0.5, 0.6) is 0 Å². The predicted molar refractivity (Wildman–Crippen MR) is 109 cm³/mol. The largest absolute Gasteiger partial charge is 0.420 e. The molecular formula is C22H22FN3O3S. The van der Waals surface area contributed by atoms with E-state index in [0.29, 0.717) is 37.7 Å². The Morgan fingerprint density at radius 3 is 2.57 bits per heavy atom. The van der Waals surface area contributed by atoms with Crippen molar-refractivity contribution in [3.8, 4) is 11.5 Å². The molecule has 0 N–H and O–H groups in total. The SMILES string of the molecule is Cc1ccc(F)c(S(=O)(=O)N2CCC3(CC2)C[C@@H]3c2nnc(-c3ccccc3)o2)c1. The van der Waals surface area contributed by atoms with Gasteiger partial charge in [-0.25, -0.2) is 12.8 Å². The van der Waals surface area contributed by atoms with E-state index < -0.39 is 15.8 Å². The third-order valence-electron chi connectivity index (χ3n) is 6.37. The summed E-state index contributed by atoms with van der Waals surface area (Å²) in [7, 11) is -3.84. The predicted octanol–water partition coefficient (Wildman–Crippen LogP) is 4.14. The van der Waals surface area contributed by atoms with Gasteiger partial charge in [0.05, 0.1) is 0 Å². The van der Waals surface area contributed by atoms with Crippen LogP contribution < -0.4 is 0 Å². The van der Waals surface area contributed by atoms with E-state index in [0.717, 1.165) is 17.5 Å². The lowest BCUT2D eigenvalue weighted by atomic mass is 9.92. The molecule has 0 radical (unpaired) electrons. The zero-order valence-corrected chi connectivity index (χ0v) is 17.4. The van der Waals surface area contributed by atoms with E-state index in [1.165, 1.54) is 16.4 Å². The van der Waals surface area contributed by atoms with Crippen molar-refractivity contribution >= 4 is 10.0 Å². The number of halogens is 1. The second kappa shape index (κ2) is 6.99. The summed E-state index contributed by atoms with van der Waals surface area (Å²) < 4.78 is 47.4. The molecule has 5 rings (SSSR count). The number of rotatable bonds is 4. The van der Waals surface area contributed by atoms with Gasteiger partial charge in [-0.2, -0.15) is 4.31 Å². The molecule has 1 aromatic heterocycles. The minimum Gasteiger partial charge on any atom is -0.420 e. The van der Waals surface area contributed by atoms with Crippen LogP contribution in [0.3, 0.4) is 0 Å². The number of aromatic nitrogens is 2. The quantitative estimate of drug-likeness (QED) is 0.625. The maximum atomic E-state index is 14.2. The standard InChI is InChI=1S/C22H22FN3O3S/c1-15-7-8-18(23)19(13-15)30(27,28)26-11-9-22(10-12-26)14-17(22)21-25-24-20(29-21)16-5-3-2-4-6-16/h2-8,13,17H,9-12,14H2,1H3/t17-/m1/s1. The monoisotopic (exact) mass is 427 g/mol. The Morgan fingerprint density at radius 2 is 1.83 bits per heavy atom. The molecule has 156 valence electrons. The van der Waals surface area contributed by atoms with Crippen LogP contribution in [0.25, 0.3) is 11.5 Å². The molecule has 2 fully saturated rings. The summed E-state index contributed by atoms with van der Waals surface area (Å²) in [4.78, 5) is -0.241. The minimum absolute atomic E-state index is 0.00232. The fourth-order valence-electron chi connectivity index (χ4n) is 4.44. The first-order chi connectivity index (χ1) is 14.4. The van der Waals surface area contributed by atoms with Crippen LogP contribution in [-0.4, -0.2) is 36.0 Å². The summed E-state index contributed by atoms with van der Waals surface area (Å²) in [6, 6.07) is 13.8. The van der Waals surface area contributed by atoms with Crippen molar-refractivity contribution in [1.82, 2.24) is 14.5 Å². The smallest absolute Gasteiger partial charge is 0.247 e. The molecule has 2 aliphatic rings.